The van der Waals surface area contributed by atoms with E-state index >= 15 is 0 Å². The van der Waals surface area contributed by atoms with E-state index in [1.807, 2.05) is 23.9 Å². The van der Waals surface area contributed by atoms with Crippen LogP contribution in [0.4, 0.5) is 5.69 Å². The molecular weight excluding hydrogens is 194 g/mol. The summed E-state index contributed by atoms with van der Waals surface area (Å²) in [7, 11) is 1.72. The largest absolute Gasteiger partial charge is 0.384 e. The molecule has 0 aliphatic carbocycles. The third-order valence-electron chi connectivity index (χ3n) is 1.94. The maximum atomic E-state index is 5.13. The van der Waals surface area contributed by atoms with Gasteiger partial charge in [0.1, 0.15) is 0 Å². The minimum Gasteiger partial charge on any atom is -0.384 e. The first-order valence-corrected chi connectivity index (χ1v) is 6.07. The van der Waals surface area contributed by atoms with Crippen molar-refractivity contribution < 1.29 is 4.74 Å². The molecule has 0 bridgehead atoms. The third kappa shape index (κ3) is 3.60. The number of anilines is 1. The van der Waals surface area contributed by atoms with Crippen LogP contribution in [-0.2, 0) is 11.3 Å². The quantitative estimate of drug-likeness (QED) is 0.731. The minimum atomic E-state index is 0.669. The van der Waals surface area contributed by atoms with Gasteiger partial charge in [0.05, 0.1) is 6.61 Å². The van der Waals surface area contributed by atoms with Crippen molar-refractivity contribution in [2.24, 2.45) is 0 Å². The van der Waals surface area contributed by atoms with Crippen LogP contribution >= 0.6 is 11.8 Å². The van der Waals surface area contributed by atoms with E-state index in [4.69, 9.17) is 4.74 Å². The van der Waals surface area contributed by atoms with Gasteiger partial charge in [0, 0.05) is 30.7 Å². The topological polar surface area (TPSA) is 21.3 Å². The Morgan fingerprint density at radius 1 is 1.36 bits per heavy atom. The van der Waals surface area contributed by atoms with E-state index in [2.05, 4.69) is 23.7 Å². The predicted octanol–water partition coefficient (Wildman–Crippen LogP) is 2.61. The molecule has 0 saturated heterocycles. The zero-order chi connectivity index (χ0) is 10.2. The molecule has 0 amide bonds. The van der Waals surface area contributed by atoms with E-state index in [9.17, 15) is 0 Å². The van der Waals surface area contributed by atoms with Gasteiger partial charge in [-0.25, -0.2) is 0 Å². The van der Waals surface area contributed by atoms with E-state index < -0.39 is 0 Å². The summed E-state index contributed by atoms with van der Waals surface area (Å²) < 4.78 is 5.13. The fourth-order valence-electron chi connectivity index (χ4n) is 1.26. The van der Waals surface area contributed by atoms with E-state index in [0.29, 0.717) is 6.61 Å². The highest BCUT2D eigenvalue weighted by atomic mass is 32.2. The predicted molar refractivity (Wildman–Crippen MR) is 64.0 cm³/mol. The lowest BCUT2D eigenvalue weighted by molar-refractivity contribution is 0.185. The number of hydrogen-bond donors (Lipinski definition) is 1. The summed E-state index contributed by atoms with van der Waals surface area (Å²) in [6, 6.07) is 8.26. The number of methoxy groups -OCH3 is 1. The van der Waals surface area contributed by atoms with E-state index in [-0.39, 0.29) is 0 Å². The summed E-state index contributed by atoms with van der Waals surface area (Å²) in [5.41, 5.74) is 2.40. The van der Waals surface area contributed by atoms with Crippen LogP contribution in [0.25, 0.3) is 0 Å². The number of para-hydroxylation sites is 1. The Bertz CT molecular complexity index is 265. The van der Waals surface area contributed by atoms with Crippen molar-refractivity contribution >= 4 is 17.4 Å². The zero-order valence-electron chi connectivity index (χ0n) is 8.75. The lowest BCUT2D eigenvalue weighted by Crippen LogP contribution is -2.06. The molecule has 0 aliphatic heterocycles. The zero-order valence-corrected chi connectivity index (χ0v) is 9.56. The molecule has 14 heavy (non-hydrogen) atoms. The van der Waals surface area contributed by atoms with Gasteiger partial charge in [-0.1, -0.05) is 18.2 Å². The highest BCUT2D eigenvalue weighted by molar-refractivity contribution is 7.98. The number of nitrogens with one attached hydrogen (secondary N) is 1. The molecule has 0 radical (unpaired) electrons. The Labute approximate surface area is 90.0 Å². The minimum absolute atomic E-state index is 0.669. The van der Waals surface area contributed by atoms with E-state index in [1.165, 1.54) is 11.3 Å². The molecule has 0 heterocycles. The lowest BCUT2D eigenvalue weighted by Gasteiger charge is -2.10. The van der Waals surface area contributed by atoms with Gasteiger partial charge >= 0.3 is 0 Å². The monoisotopic (exact) mass is 211 g/mol. The molecule has 0 unspecified atom stereocenters. The van der Waals surface area contributed by atoms with Gasteiger partial charge in [-0.3, -0.25) is 0 Å². The number of hydrogen-bond acceptors (Lipinski definition) is 3. The summed E-state index contributed by atoms with van der Waals surface area (Å²) in [6.45, 7) is 1.67. The average molecular weight is 211 g/mol. The number of thioether (sulfide) groups is 1. The van der Waals surface area contributed by atoms with Crippen molar-refractivity contribution in [3.63, 3.8) is 0 Å². The Balaban J connectivity index is 2.55. The van der Waals surface area contributed by atoms with Gasteiger partial charge < -0.3 is 10.1 Å². The molecule has 3 heteroatoms. The van der Waals surface area contributed by atoms with Crippen LogP contribution in [0.15, 0.2) is 24.3 Å². The third-order valence-corrected chi connectivity index (χ3v) is 2.55. The average Bonchev–Trinajstić information content (AvgIpc) is 2.21. The molecule has 0 aromatic heterocycles. The van der Waals surface area contributed by atoms with Crippen molar-refractivity contribution in [1.82, 2.24) is 0 Å². The van der Waals surface area contributed by atoms with Gasteiger partial charge in [-0.15, -0.1) is 0 Å². The van der Waals surface area contributed by atoms with E-state index in [1.54, 1.807) is 7.11 Å². The number of benzene rings is 1. The van der Waals surface area contributed by atoms with Crippen molar-refractivity contribution in [3.05, 3.63) is 29.8 Å². The van der Waals surface area contributed by atoms with Gasteiger partial charge in [0.15, 0.2) is 0 Å². The van der Waals surface area contributed by atoms with Gasteiger partial charge in [0.2, 0.25) is 0 Å². The van der Waals surface area contributed by atoms with Gasteiger partial charge in [-0.2, -0.15) is 11.8 Å². The molecule has 0 atom stereocenters. The van der Waals surface area contributed by atoms with Crippen LogP contribution in [0.3, 0.4) is 0 Å². The molecule has 0 fully saturated rings. The van der Waals surface area contributed by atoms with Crippen LogP contribution in [0.1, 0.15) is 5.56 Å². The first-order chi connectivity index (χ1) is 6.88. The molecule has 78 valence electrons. The highest BCUT2D eigenvalue weighted by Crippen LogP contribution is 2.15. The molecular formula is C11H17NOS. The second-order valence-electron chi connectivity index (χ2n) is 3.01. The molecule has 1 N–H and O–H groups in total. The smallest absolute Gasteiger partial charge is 0.0733 e. The summed E-state index contributed by atoms with van der Waals surface area (Å²) in [6.07, 6.45) is 2.11. The van der Waals surface area contributed by atoms with Crippen LogP contribution in [0.5, 0.6) is 0 Å². The van der Waals surface area contributed by atoms with Crippen LogP contribution in [-0.4, -0.2) is 25.7 Å². The Hall–Kier alpha value is -0.670. The normalized spacial score (nSPS) is 10.1. The molecule has 0 saturated carbocycles. The standard InChI is InChI=1S/C11H17NOS/c1-13-9-10-5-3-4-6-11(10)12-7-8-14-2/h3-6,12H,7-9H2,1-2H3. The second kappa shape index (κ2) is 6.74. The Morgan fingerprint density at radius 2 is 2.14 bits per heavy atom. The summed E-state index contributed by atoms with van der Waals surface area (Å²) in [5.74, 6) is 1.13. The first-order valence-electron chi connectivity index (χ1n) is 4.68. The fourth-order valence-corrected chi connectivity index (χ4v) is 1.57. The maximum absolute atomic E-state index is 5.13. The summed E-state index contributed by atoms with van der Waals surface area (Å²) >= 11 is 1.85. The number of rotatable bonds is 6. The van der Waals surface area contributed by atoms with Crippen molar-refractivity contribution in [2.75, 3.05) is 31.0 Å². The van der Waals surface area contributed by atoms with Crippen LogP contribution in [0.2, 0.25) is 0 Å². The molecule has 2 nitrogen and oxygen atoms in total. The van der Waals surface area contributed by atoms with Gasteiger partial charge in [0.25, 0.3) is 0 Å². The molecule has 1 aromatic rings. The lowest BCUT2D eigenvalue weighted by atomic mass is 10.2. The van der Waals surface area contributed by atoms with Crippen LogP contribution < -0.4 is 5.32 Å². The SMILES string of the molecule is COCc1ccccc1NCCSC. The molecule has 1 aromatic carbocycles. The number of ether oxygens (including phenoxy) is 1. The maximum Gasteiger partial charge on any atom is 0.0733 e. The molecule has 0 spiro atoms. The van der Waals surface area contributed by atoms with Gasteiger partial charge in [-0.05, 0) is 12.3 Å². The fraction of sp³-hybridized carbons (Fsp3) is 0.455. The highest BCUT2D eigenvalue weighted by Gasteiger charge is 1.99. The summed E-state index contributed by atoms with van der Waals surface area (Å²) in [5, 5.41) is 3.40. The molecule has 0 aliphatic rings. The Morgan fingerprint density at radius 3 is 2.86 bits per heavy atom. The van der Waals surface area contributed by atoms with Crippen molar-refractivity contribution in [3.8, 4) is 0 Å². The van der Waals surface area contributed by atoms with Crippen LogP contribution in [0, 0.1) is 0 Å². The first kappa shape index (κ1) is 11.4. The van der Waals surface area contributed by atoms with Crippen molar-refractivity contribution in [1.29, 1.82) is 0 Å². The molecule has 1 rings (SSSR count). The second-order valence-corrected chi connectivity index (χ2v) is 4.00. The van der Waals surface area contributed by atoms with Crippen molar-refractivity contribution in [2.45, 2.75) is 6.61 Å². The Kier molecular flexibility index (Phi) is 5.49. The van der Waals surface area contributed by atoms with E-state index in [0.717, 1.165) is 12.3 Å². The summed E-state index contributed by atoms with van der Waals surface area (Å²) in [4.78, 5) is 0.